The van der Waals surface area contributed by atoms with E-state index in [0.29, 0.717) is 11.1 Å². The zero-order valence-electron chi connectivity index (χ0n) is 15.1. The lowest BCUT2D eigenvalue weighted by Gasteiger charge is -2.25. The summed E-state index contributed by atoms with van der Waals surface area (Å²) in [7, 11) is 0. The van der Waals surface area contributed by atoms with Crippen molar-refractivity contribution in [1.82, 2.24) is 0 Å². The molecule has 1 aliphatic heterocycles. The topological polar surface area (TPSA) is 78.9 Å². The van der Waals surface area contributed by atoms with Gasteiger partial charge in [0.05, 0.1) is 11.1 Å². The largest absolute Gasteiger partial charge is 0.458 e. The third kappa shape index (κ3) is 4.00. The van der Waals surface area contributed by atoms with E-state index in [4.69, 9.17) is 14.2 Å². The Kier molecular flexibility index (Phi) is 5.26. The van der Waals surface area contributed by atoms with Crippen LogP contribution in [-0.4, -0.2) is 36.7 Å². The fourth-order valence-electron chi connectivity index (χ4n) is 2.85. The van der Waals surface area contributed by atoms with E-state index >= 15 is 0 Å². The van der Waals surface area contributed by atoms with E-state index in [1.807, 2.05) is 0 Å². The Morgan fingerprint density at radius 2 is 1.44 bits per heavy atom. The highest BCUT2D eigenvalue weighted by molar-refractivity contribution is 5.90. The standard InChI is InChI=1S/C21H20O6/c1-21(2)17(27-19(23)15-11-7-4-8-12-15)16(26-20(21)24)13-25-18(22)14-9-5-3-6-10-14/h3-12,16-17H,13H2,1-2H3. The Balaban J connectivity index is 1.70. The van der Waals surface area contributed by atoms with Crippen LogP contribution in [-0.2, 0) is 19.0 Å². The summed E-state index contributed by atoms with van der Waals surface area (Å²) in [5.41, 5.74) is -0.291. The van der Waals surface area contributed by atoms with E-state index in [0.717, 1.165) is 0 Å². The molecule has 6 nitrogen and oxygen atoms in total. The van der Waals surface area contributed by atoms with Crippen LogP contribution in [0.4, 0.5) is 0 Å². The van der Waals surface area contributed by atoms with Crippen molar-refractivity contribution in [1.29, 1.82) is 0 Å². The van der Waals surface area contributed by atoms with Crippen molar-refractivity contribution in [2.45, 2.75) is 26.1 Å². The summed E-state index contributed by atoms with van der Waals surface area (Å²) in [6, 6.07) is 17.0. The smallest absolute Gasteiger partial charge is 0.338 e. The van der Waals surface area contributed by atoms with Gasteiger partial charge in [0.1, 0.15) is 12.0 Å². The van der Waals surface area contributed by atoms with Gasteiger partial charge in [-0.25, -0.2) is 9.59 Å². The number of carbonyl (C=O) groups excluding carboxylic acids is 3. The average molecular weight is 368 g/mol. The number of hydrogen-bond donors (Lipinski definition) is 0. The molecule has 0 bridgehead atoms. The second kappa shape index (κ2) is 7.61. The molecule has 1 fully saturated rings. The summed E-state index contributed by atoms with van der Waals surface area (Å²) in [6.07, 6.45) is -1.74. The number of carbonyl (C=O) groups is 3. The summed E-state index contributed by atoms with van der Waals surface area (Å²) < 4.78 is 16.1. The molecule has 1 heterocycles. The molecule has 140 valence electrons. The van der Waals surface area contributed by atoms with Gasteiger partial charge >= 0.3 is 17.9 Å². The summed E-state index contributed by atoms with van der Waals surface area (Å²) in [5, 5.41) is 0. The van der Waals surface area contributed by atoms with Crippen LogP contribution in [0.2, 0.25) is 0 Å². The van der Waals surface area contributed by atoms with Crippen molar-refractivity contribution in [3.05, 3.63) is 71.8 Å². The van der Waals surface area contributed by atoms with E-state index < -0.39 is 35.5 Å². The molecular weight excluding hydrogens is 348 g/mol. The number of hydrogen-bond acceptors (Lipinski definition) is 6. The number of ether oxygens (including phenoxy) is 3. The van der Waals surface area contributed by atoms with Gasteiger partial charge in [-0.2, -0.15) is 0 Å². The predicted molar refractivity (Wildman–Crippen MR) is 96.0 cm³/mol. The molecule has 27 heavy (non-hydrogen) atoms. The average Bonchev–Trinajstić information content (AvgIpc) is 2.90. The molecule has 2 unspecified atom stereocenters. The predicted octanol–water partition coefficient (Wildman–Crippen LogP) is 3.02. The molecule has 6 heteroatoms. The second-order valence-corrected chi connectivity index (χ2v) is 6.82. The highest BCUT2D eigenvalue weighted by Gasteiger charge is 2.54. The molecule has 0 saturated carbocycles. The van der Waals surface area contributed by atoms with Crippen LogP contribution in [0.5, 0.6) is 0 Å². The maximum absolute atomic E-state index is 12.4. The van der Waals surface area contributed by atoms with E-state index in [2.05, 4.69) is 0 Å². The first-order chi connectivity index (χ1) is 12.9. The first-order valence-electron chi connectivity index (χ1n) is 8.59. The lowest BCUT2D eigenvalue weighted by atomic mass is 9.86. The fraction of sp³-hybridized carbons (Fsp3) is 0.286. The molecule has 3 rings (SSSR count). The molecule has 0 amide bonds. The van der Waals surface area contributed by atoms with Crippen LogP contribution in [0.1, 0.15) is 34.6 Å². The molecule has 1 aliphatic rings. The number of rotatable bonds is 5. The summed E-state index contributed by atoms with van der Waals surface area (Å²) in [6.45, 7) is 3.07. The third-order valence-corrected chi connectivity index (χ3v) is 4.47. The van der Waals surface area contributed by atoms with E-state index in [-0.39, 0.29) is 6.61 Å². The first kappa shape index (κ1) is 18.6. The highest BCUT2D eigenvalue weighted by atomic mass is 16.6. The van der Waals surface area contributed by atoms with E-state index in [1.54, 1.807) is 74.5 Å². The van der Waals surface area contributed by atoms with E-state index in [9.17, 15) is 14.4 Å². The van der Waals surface area contributed by atoms with Crippen molar-refractivity contribution in [3.8, 4) is 0 Å². The Morgan fingerprint density at radius 1 is 0.926 bits per heavy atom. The molecule has 0 N–H and O–H groups in total. The van der Waals surface area contributed by atoms with Crippen LogP contribution >= 0.6 is 0 Å². The fourth-order valence-corrected chi connectivity index (χ4v) is 2.85. The molecule has 2 aromatic carbocycles. The van der Waals surface area contributed by atoms with Crippen molar-refractivity contribution >= 4 is 17.9 Å². The van der Waals surface area contributed by atoms with Crippen molar-refractivity contribution in [2.75, 3.05) is 6.61 Å². The van der Waals surface area contributed by atoms with Crippen molar-refractivity contribution in [2.24, 2.45) is 5.41 Å². The molecule has 0 radical (unpaired) electrons. The summed E-state index contributed by atoms with van der Waals surface area (Å²) >= 11 is 0. The van der Waals surface area contributed by atoms with Crippen molar-refractivity contribution in [3.63, 3.8) is 0 Å². The van der Waals surface area contributed by atoms with Gasteiger partial charge in [0.15, 0.2) is 12.2 Å². The van der Waals surface area contributed by atoms with E-state index in [1.165, 1.54) is 0 Å². The summed E-state index contributed by atoms with van der Waals surface area (Å²) in [4.78, 5) is 36.7. The normalized spacial score (nSPS) is 20.6. The van der Waals surface area contributed by atoms with Gasteiger partial charge in [-0.15, -0.1) is 0 Å². The maximum atomic E-state index is 12.4. The van der Waals surface area contributed by atoms with Crippen molar-refractivity contribution < 1.29 is 28.6 Å². The minimum Gasteiger partial charge on any atom is -0.458 e. The highest BCUT2D eigenvalue weighted by Crippen LogP contribution is 2.36. The minimum absolute atomic E-state index is 0.199. The molecule has 0 spiro atoms. The van der Waals surface area contributed by atoms with Gasteiger partial charge in [0.2, 0.25) is 0 Å². The maximum Gasteiger partial charge on any atom is 0.338 e. The number of cyclic esters (lactones) is 1. The van der Waals surface area contributed by atoms with Crippen LogP contribution in [0.3, 0.4) is 0 Å². The number of benzene rings is 2. The molecule has 2 aromatic rings. The zero-order valence-corrected chi connectivity index (χ0v) is 15.1. The molecule has 0 aliphatic carbocycles. The van der Waals surface area contributed by atoms with Gasteiger partial charge in [-0.3, -0.25) is 4.79 Å². The summed E-state index contributed by atoms with van der Waals surface area (Å²) in [5.74, 6) is -1.61. The molecule has 2 atom stereocenters. The van der Waals surface area contributed by atoms with Gasteiger partial charge in [0.25, 0.3) is 0 Å². The van der Waals surface area contributed by atoms with Crippen LogP contribution in [0, 0.1) is 5.41 Å². The van der Waals surface area contributed by atoms with Gasteiger partial charge in [0, 0.05) is 0 Å². The SMILES string of the molecule is CC1(C)C(=O)OC(COC(=O)c2ccccc2)C1OC(=O)c1ccccc1. The van der Waals surface area contributed by atoms with Crippen LogP contribution in [0.15, 0.2) is 60.7 Å². The van der Waals surface area contributed by atoms with Crippen LogP contribution in [0.25, 0.3) is 0 Å². The lowest BCUT2D eigenvalue weighted by molar-refractivity contribution is -0.148. The first-order valence-corrected chi connectivity index (χ1v) is 8.59. The van der Waals surface area contributed by atoms with Gasteiger partial charge in [-0.1, -0.05) is 36.4 Å². The lowest BCUT2D eigenvalue weighted by Crippen LogP contribution is -2.40. The Labute approximate surface area is 157 Å². The Hall–Kier alpha value is -3.15. The third-order valence-electron chi connectivity index (χ3n) is 4.47. The molecular formula is C21H20O6. The number of esters is 3. The Morgan fingerprint density at radius 3 is 2.00 bits per heavy atom. The quantitative estimate of drug-likeness (QED) is 0.596. The monoisotopic (exact) mass is 368 g/mol. The van der Waals surface area contributed by atoms with Gasteiger partial charge in [-0.05, 0) is 38.1 Å². The molecule has 1 saturated heterocycles. The minimum atomic E-state index is -1.05. The van der Waals surface area contributed by atoms with Crippen LogP contribution < -0.4 is 0 Å². The molecule has 0 aromatic heterocycles. The zero-order chi connectivity index (χ0) is 19.4. The second-order valence-electron chi connectivity index (χ2n) is 6.82. The Bertz CT molecular complexity index is 828. The van der Waals surface area contributed by atoms with Gasteiger partial charge < -0.3 is 14.2 Å².